The van der Waals surface area contributed by atoms with Crippen LogP contribution in [0.3, 0.4) is 0 Å². The van der Waals surface area contributed by atoms with E-state index in [4.69, 9.17) is 17.8 Å². The van der Waals surface area contributed by atoms with Crippen molar-refractivity contribution in [2.75, 3.05) is 32.4 Å². The van der Waals surface area contributed by atoms with Crippen molar-refractivity contribution >= 4 is 51.2 Å². The maximum atomic E-state index is 14.4. The number of rotatable bonds is 15. The minimum absolute atomic E-state index is 0.0294. The van der Waals surface area contributed by atoms with Crippen LogP contribution in [0, 0.1) is 0 Å². The van der Waals surface area contributed by atoms with Gasteiger partial charge in [0, 0.05) is 6.54 Å². The number of hydrogen-bond donors (Lipinski definition) is 1. The predicted octanol–water partition coefficient (Wildman–Crippen LogP) is 4.55. The van der Waals surface area contributed by atoms with E-state index in [1.807, 2.05) is 91.0 Å². The molecule has 0 aromatic heterocycles. The van der Waals surface area contributed by atoms with Crippen LogP contribution >= 0.6 is 6.83 Å². The van der Waals surface area contributed by atoms with Gasteiger partial charge in [-0.25, -0.2) is 4.79 Å². The number of carbonyl (C=O) groups excluding carboxylic acids is 3. The third-order valence-corrected chi connectivity index (χ3v) is 16.6. The molecule has 4 amide bonds. The summed E-state index contributed by atoms with van der Waals surface area (Å²) in [7, 11) is -5.03. The van der Waals surface area contributed by atoms with Gasteiger partial charge >= 0.3 is 258 Å². The summed E-state index contributed by atoms with van der Waals surface area (Å²) in [6, 6.07) is 24.5. The first kappa shape index (κ1) is 39.6. The third kappa shape index (κ3) is 8.02. The van der Waals surface area contributed by atoms with Crippen LogP contribution in [-0.4, -0.2) is 91.4 Å². The van der Waals surface area contributed by atoms with Gasteiger partial charge in [-0.3, -0.25) is 0 Å². The van der Waals surface area contributed by atoms with Gasteiger partial charge in [0.15, 0.2) is 0 Å². The molecule has 13 nitrogen and oxygen atoms in total. The van der Waals surface area contributed by atoms with Crippen LogP contribution in [0.25, 0.3) is 0 Å². The summed E-state index contributed by atoms with van der Waals surface area (Å²) in [6.45, 7) is 8.72. The number of urea groups is 1. The molecule has 3 aromatic carbocycles. The standard InChI is InChI=1S/C38H47N4O9PS/c1-7-26-52(31-18-12-9-13-19-31,32-20-14-10-15-21-32,33-22-16-11-17-23-33)51-53(46,47)50-42-30-27-29(3)34(41(28-30)36(42)44)35(43)39-48-25-24-40(8-2)37(45)49-38(4,5)6/h7,9-23,27,30,34H,1,8,24-26,28H2,2-6H3,(H,39,43)/t30-,34+/m1/s1. The van der Waals surface area contributed by atoms with Crippen molar-refractivity contribution in [1.29, 1.82) is 0 Å². The van der Waals surface area contributed by atoms with Crippen molar-refractivity contribution in [2.24, 2.45) is 0 Å². The van der Waals surface area contributed by atoms with Crippen LogP contribution in [0.5, 0.6) is 0 Å². The number of benzene rings is 3. The van der Waals surface area contributed by atoms with E-state index in [2.05, 4.69) is 12.1 Å². The normalized spacial score (nSPS) is 18.1. The van der Waals surface area contributed by atoms with Gasteiger partial charge in [0.2, 0.25) is 0 Å². The topological polar surface area (TPSA) is 144 Å². The number of carbonyl (C=O) groups is 3. The summed E-state index contributed by atoms with van der Waals surface area (Å²) < 4.78 is 46.4. The molecule has 2 heterocycles. The second kappa shape index (κ2) is 15.8. The SMILES string of the molecule is C=CCP(OS(=O)(=O)ON1C(=O)N2C[C@H]1C=C(C)[C@H]2C(=O)NOCCN(CC)C(=O)OC(C)(C)C)(c1ccccc1)(c1ccccc1)c1ccccc1. The average molecular weight is 767 g/mol. The van der Waals surface area contributed by atoms with Crippen LogP contribution in [0.1, 0.15) is 34.6 Å². The molecule has 284 valence electrons. The number of fused-ring (bicyclic) bond motifs is 2. The van der Waals surface area contributed by atoms with E-state index >= 15 is 0 Å². The molecule has 1 saturated heterocycles. The molecule has 0 radical (unpaired) electrons. The molecular weight excluding hydrogens is 719 g/mol. The molecule has 0 aliphatic carbocycles. The van der Waals surface area contributed by atoms with Crippen LogP contribution in [-0.2, 0) is 33.0 Å². The van der Waals surface area contributed by atoms with E-state index in [1.54, 1.807) is 46.8 Å². The molecule has 3 aromatic rings. The fraction of sp³-hybridized carbons (Fsp3) is 0.342. The van der Waals surface area contributed by atoms with E-state index in [1.165, 1.54) is 9.80 Å². The number of likely N-dealkylation sites (N-methyl/N-ethyl adjacent to an activating group) is 1. The Morgan fingerprint density at radius 1 is 0.962 bits per heavy atom. The molecule has 5 rings (SSSR count). The molecular formula is C38H47N4O9PS. The zero-order valence-corrected chi connectivity index (χ0v) is 32.3. The Morgan fingerprint density at radius 3 is 1.96 bits per heavy atom. The first-order chi connectivity index (χ1) is 25.1. The summed E-state index contributed by atoms with van der Waals surface area (Å²) >= 11 is 0. The number of amides is 4. The molecule has 2 aliphatic rings. The van der Waals surface area contributed by atoms with Crippen LogP contribution < -0.4 is 21.4 Å². The Hall–Kier alpha value is -4.59. The minimum atomic E-state index is -5.03. The molecule has 0 unspecified atom stereocenters. The first-order valence-corrected chi connectivity index (χ1v) is 21.0. The number of nitrogens with zero attached hydrogens (tertiary/aromatic N) is 3. The number of hydrogen-bond acceptors (Lipinski definition) is 9. The monoisotopic (exact) mass is 766 g/mol. The van der Waals surface area contributed by atoms with Crippen molar-refractivity contribution in [3.63, 3.8) is 0 Å². The predicted molar refractivity (Wildman–Crippen MR) is 204 cm³/mol. The fourth-order valence-electron chi connectivity index (χ4n) is 6.79. The summed E-state index contributed by atoms with van der Waals surface area (Å²) in [6.07, 6.45) is 2.82. The Kier molecular flexibility index (Phi) is 11.8. The summed E-state index contributed by atoms with van der Waals surface area (Å²) in [5.74, 6) is -0.653. The van der Waals surface area contributed by atoms with E-state index in [0.29, 0.717) is 28.0 Å². The van der Waals surface area contributed by atoms with Gasteiger partial charge in [-0.1, -0.05) is 0 Å². The zero-order chi connectivity index (χ0) is 38.5. The van der Waals surface area contributed by atoms with Crippen molar-refractivity contribution in [3.8, 4) is 0 Å². The van der Waals surface area contributed by atoms with Gasteiger partial charge < -0.3 is 9.64 Å². The summed E-state index contributed by atoms with van der Waals surface area (Å²) in [5.41, 5.74) is 2.17. The number of nitrogens with one attached hydrogen (secondary N) is 1. The number of hydroxylamine groups is 3. The molecule has 53 heavy (non-hydrogen) atoms. The molecule has 0 saturated carbocycles. The van der Waals surface area contributed by atoms with Crippen molar-refractivity contribution in [2.45, 2.75) is 52.3 Å². The van der Waals surface area contributed by atoms with Crippen LogP contribution in [0.4, 0.5) is 9.59 Å². The molecule has 15 heteroatoms. The van der Waals surface area contributed by atoms with Gasteiger partial charge in [-0.05, 0) is 27.7 Å². The van der Waals surface area contributed by atoms with Crippen LogP contribution in [0.2, 0.25) is 0 Å². The van der Waals surface area contributed by atoms with E-state index in [9.17, 15) is 22.8 Å². The molecule has 1 N–H and O–H groups in total. The van der Waals surface area contributed by atoms with E-state index in [-0.39, 0.29) is 25.9 Å². The Balaban J connectivity index is 1.39. The van der Waals surface area contributed by atoms with Gasteiger partial charge in [0.25, 0.3) is 0 Å². The summed E-state index contributed by atoms with van der Waals surface area (Å²) in [5, 5.41) is 2.56. The Morgan fingerprint density at radius 2 is 1.49 bits per heavy atom. The fourth-order valence-corrected chi connectivity index (χ4v) is 14.6. The first-order valence-electron chi connectivity index (χ1n) is 17.3. The molecule has 0 spiro atoms. The quantitative estimate of drug-likeness (QED) is 0.102. The van der Waals surface area contributed by atoms with Crippen molar-refractivity contribution in [3.05, 3.63) is 115 Å². The maximum absolute atomic E-state index is 14.4. The summed E-state index contributed by atoms with van der Waals surface area (Å²) in [4.78, 5) is 47.7. The van der Waals surface area contributed by atoms with Crippen LogP contribution in [0.15, 0.2) is 115 Å². The second-order valence-electron chi connectivity index (χ2n) is 13.8. The zero-order valence-electron chi connectivity index (χ0n) is 30.6. The third-order valence-electron chi connectivity index (χ3n) is 9.05. The van der Waals surface area contributed by atoms with Gasteiger partial charge in [-0.15, -0.1) is 0 Å². The van der Waals surface area contributed by atoms with E-state index < -0.39 is 52.9 Å². The van der Waals surface area contributed by atoms with Crippen molar-refractivity contribution < 1.29 is 40.6 Å². The Labute approximate surface area is 311 Å². The molecule has 2 bridgehead atoms. The molecule has 2 atom stereocenters. The second-order valence-corrected chi connectivity index (χ2v) is 19.7. The average Bonchev–Trinajstić information content (AvgIpc) is 3.36. The molecule has 2 aliphatic heterocycles. The van der Waals surface area contributed by atoms with Gasteiger partial charge in [0.05, 0.1) is 0 Å². The molecule has 1 fully saturated rings. The Bertz CT molecular complexity index is 1840. The number of allylic oxidation sites excluding steroid dienone is 1. The van der Waals surface area contributed by atoms with Gasteiger partial charge in [-0.2, -0.15) is 0 Å². The van der Waals surface area contributed by atoms with E-state index in [0.717, 1.165) is 5.06 Å². The van der Waals surface area contributed by atoms with Gasteiger partial charge in [0.1, 0.15) is 5.60 Å². The van der Waals surface area contributed by atoms with Crippen molar-refractivity contribution in [1.82, 2.24) is 20.3 Å². The number of ether oxygens (including phenoxy) is 1.